The predicted octanol–water partition coefficient (Wildman–Crippen LogP) is 21.7. The van der Waals surface area contributed by atoms with E-state index >= 15 is 0 Å². The fourth-order valence-corrected chi connectivity index (χ4v) is 23.9. The smallest absolute Gasteiger partial charge is 0.225 e. The number of nitrogens with zero attached hydrogens (tertiary/aromatic N) is 4. The second-order valence-corrected chi connectivity index (χ2v) is 33.0. The van der Waals surface area contributed by atoms with Gasteiger partial charge in [-0.1, -0.05) is 272 Å². The van der Waals surface area contributed by atoms with Crippen molar-refractivity contribution in [2.24, 2.45) is 0 Å². The molecule has 4 heterocycles. The van der Waals surface area contributed by atoms with Gasteiger partial charge in [0.15, 0.2) is 6.71 Å². The van der Waals surface area contributed by atoms with Gasteiger partial charge in [-0.15, -0.1) is 0 Å². The van der Waals surface area contributed by atoms with Crippen LogP contribution in [0.3, 0.4) is 0 Å². The minimum Gasteiger partial charge on any atom is -0.491 e. The minimum atomic E-state index is 0.0222. The molecule has 0 spiro atoms. The molecule has 0 N–H and O–H groups in total. The highest BCUT2D eigenvalue weighted by Gasteiger charge is 2.63. The fourth-order valence-electron chi connectivity index (χ4n) is 22.0. The first-order valence-electron chi connectivity index (χ1n) is 39.3. The molecule has 3 saturated carbocycles. The molecular weight excluding hydrogens is 1280 g/mol. The molecule has 0 radical (unpaired) electrons. The van der Waals surface area contributed by atoms with Gasteiger partial charge in [0.1, 0.15) is 5.75 Å². The third-order valence-electron chi connectivity index (χ3n) is 26.2. The van der Waals surface area contributed by atoms with E-state index in [4.69, 9.17) is 4.74 Å². The quantitative estimate of drug-likeness (QED) is 0.107. The number of allylic oxidation sites excluding steroid dienone is 7. The number of thioether (sulfide) groups is 1. The van der Waals surface area contributed by atoms with Gasteiger partial charge in [0, 0.05) is 98.2 Å². The first-order valence-corrected chi connectivity index (χ1v) is 40.2. The van der Waals surface area contributed by atoms with Crippen LogP contribution < -0.4 is 30.4 Å². The van der Waals surface area contributed by atoms with E-state index in [1.807, 2.05) is 0 Å². The van der Waals surface area contributed by atoms with Crippen molar-refractivity contribution in [3.05, 3.63) is 343 Å². The molecule has 2 saturated heterocycles. The predicted molar refractivity (Wildman–Crippen MR) is 439 cm³/mol. The molecule has 104 heavy (non-hydrogen) atoms. The lowest BCUT2D eigenvalue weighted by molar-refractivity contribution is -0.00296. The molecule has 10 aliphatic rings. The number of hydrogen-bond acceptors (Lipinski definition) is 6. The zero-order valence-corrected chi connectivity index (χ0v) is 60.2. The van der Waals surface area contributed by atoms with Crippen LogP contribution in [0.15, 0.2) is 327 Å². The highest BCUT2D eigenvalue weighted by atomic mass is 32.2. The van der Waals surface area contributed by atoms with Gasteiger partial charge < -0.3 is 19.4 Å². The van der Waals surface area contributed by atoms with Crippen LogP contribution in [0.5, 0.6) is 5.75 Å². The molecule has 14 unspecified atom stereocenters. The maximum Gasteiger partial charge on any atom is 0.225 e. The van der Waals surface area contributed by atoms with Crippen molar-refractivity contribution in [1.82, 2.24) is 4.90 Å². The average molecular weight is 1370 g/mol. The second kappa shape index (κ2) is 27.5. The second-order valence-electron chi connectivity index (χ2n) is 31.6. The van der Waals surface area contributed by atoms with Crippen molar-refractivity contribution in [3.63, 3.8) is 0 Å². The Hall–Kier alpha value is -9.46. The molecular formula is C96H90B2N4OS. The van der Waals surface area contributed by atoms with E-state index in [9.17, 15) is 0 Å². The zero-order valence-electron chi connectivity index (χ0n) is 59.4. The van der Waals surface area contributed by atoms with E-state index in [1.54, 1.807) is 0 Å². The van der Waals surface area contributed by atoms with Crippen LogP contribution in [0.4, 0.5) is 28.4 Å². The Balaban J connectivity index is 0.747. The lowest BCUT2D eigenvalue weighted by Gasteiger charge is -2.62. The molecule has 0 bridgehead atoms. The summed E-state index contributed by atoms with van der Waals surface area (Å²) in [4.78, 5) is 11.8. The maximum absolute atomic E-state index is 7.84. The van der Waals surface area contributed by atoms with Crippen LogP contribution in [0.1, 0.15) is 106 Å². The molecule has 10 aromatic carbocycles. The first-order chi connectivity index (χ1) is 51.6. The summed E-state index contributed by atoms with van der Waals surface area (Å²) in [5, 5.41) is 0.569. The summed E-state index contributed by atoms with van der Waals surface area (Å²) in [6, 6.07) is 106. The number of benzene rings is 10. The average Bonchev–Trinajstić information content (AvgIpc) is 0.692. The van der Waals surface area contributed by atoms with Crippen molar-refractivity contribution in [2.45, 2.75) is 159 Å². The highest BCUT2D eigenvalue weighted by molar-refractivity contribution is 8.01. The van der Waals surface area contributed by atoms with E-state index < -0.39 is 0 Å². The number of fused-ring (bicyclic) bond motifs is 8. The summed E-state index contributed by atoms with van der Waals surface area (Å²) in [6.45, 7) is 0.471. The third kappa shape index (κ3) is 11.5. The van der Waals surface area contributed by atoms with Crippen molar-refractivity contribution in [3.8, 4) is 28.0 Å². The molecule has 0 amide bonds. The summed E-state index contributed by atoms with van der Waals surface area (Å²) in [5.41, 5.74) is 23.2. The maximum atomic E-state index is 7.84. The molecule has 10 aromatic rings. The van der Waals surface area contributed by atoms with Crippen molar-refractivity contribution >= 4 is 70.1 Å². The fraction of sp³-hybridized carbons (Fsp3) is 0.271. The van der Waals surface area contributed by atoms with Gasteiger partial charge in [-0.25, -0.2) is 0 Å². The van der Waals surface area contributed by atoms with Crippen LogP contribution in [0.25, 0.3) is 27.8 Å². The molecule has 512 valence electrons. The third-order valence-corrected chi connectivity index (χ3v) is 27.8. The lowest BCUT2D eigenvalue weighted by atomic mass is 9.23. The van der Waals surface area contributed by atoms with Gasteiger partial charge in [-0.2, -0.15) is 11.8 Å². The number of rotatable bonds is 13. The summed E-state index contributed by atoms with van der Waals surface area (Å²) < 4.78 is 7.84. The topological polar surface area (TPSA) is 22.2 Å². The number of anilines is 5. The molecule has 8 heteroatoms. The minimum absolute atomic E-state index is 0.0222. The Morgan fingerprint density at radius 2 is 1.14 bits per heavy atom. The highest BCUT2D eigenvalue weighted by Crippen LogP contribution is 2.63. The molecule has 6 aliphatic carbocycles. The molecule has 0 aromatic heterocycles. The van der Waals surface area contributed by atoms with E-state index in [0.29, 0.717) is 47.7 Å². The number of hydrogen-bond donors (Lipinski definition) is 0. The van der Waals surface area contributed by atoms with Crippen molar-refractivity contribution in [2.75, 3.05) is 14.7 Å². The largest absolute Gasteiger partial charge is 0.491 e. The molecule has 4 aliphatic heterocycles. The van der Waals surface area contributed by atoms with Crippen LogP contribution in [0.2, 0.25) is 17.5 Å². The molecule has 20 rings (SSSR count). The molecule has 5 nitrogen and oxygen atoms in total. The normalized spacial score (nSPS) is 27.7. The molecule has 5 fully saturated rings. The summed E-state index contributed by atoms with van der Waals surface area (Å²) in [6.07, 6.45) is 31.2. The summed E-state index contributed by atoms with van der Waals surface area (Å²) >= 11 is 2.34. The van der Waals surface area contributed by atoms with Crippen molar-refractivity contribution in [1.29, 1.82) is 0 Å². The van der Waals surface area contributed by atoms with Gasteiger partial charge in [-0.3, -0.25) is 4.90 Å². The Morgan fingerprint density at radius 1 is 0.471 bits per heavy atom. The Bertz CT molecular complexity index is 4930. The van der Waals surface area contributed by atoms with Crippen LogP contribution in [-0.4, -0.2) is 71.2 Å². The summed E-state index contributed by atoms with van der Waals surface area (Å²) in [5.74, 6) is 2.85. The standard InChI is InChI=1S/C96H90B2N4OS/c1-7-27-65(28-8-1)69-49-53-75(54-50-69)99(77-41-25-37-72(57-77)67-31-11-3-12-32-67)79-59-89-95-92(61-79)103-91-48-24-21-45-83(91)98(95)84-63-85-93(64-88(84)102(89)86-46-22-19-43-81(86)71-35-15-5-16-36-71)104-94-62-80(60-90-96(94)97(85)82-44-20-23-47-87(82)101(90)74-39-17-6-18-40-74)100(76-55-51-70(52-56-76)66-29-9-2-10-30-66)78-42-26-38-73(58-78)68-33-13-4-14-34-68/h1-24,26-33,35-36,38-40,42-49,51-52,55-56,58,63-64,68,72,75,77,79-80,85,89-90,92-96H,25,34,37,41,50,53-54,57,59-62H2. The van der Waals surface area contributed by atoms with E-state index in [2.05, 4.69) is 347 Å². The Labute approximate surface area is 620 Å². The van der Waals surface area contributed by atoms with Crippen LogP contribution in [-0.2, 0) is 0 Å². The van der Waals surface area contributed by atoms with E-state index in [0.717, 1.165) is 50.7 Å². The number of ether oxygens (including phenoxy) is 1. The number of para-hydroxylation sites is 4. The van der Waals surface area contributed by atoms with Crippen LogP contribution >= 0.6 is 11.8 Å². The van der Waals surface area contributed by atoms with Gasteiger partial charge in [0.25, 0.3) is 0 Å². The Morgan fingerprint density at radius 3 is 1.91 bits per heavy atom. The van der Waals surface area contributed by atoms with Gasteiger partial charge >= 0.3 is 0 Å². The van der Waals surface area contributed by atoms with E-state index in [1.165, 1.54) is 127 Å². The van der Waals surface area contributed by atoms with Crippen LogP contribution in [0, 0.1) is 0 Å². The molecule has 14 atom stereocenters. The monoisotopic (exact) mass is 1370 g/mol. The van der Waals surface area contributed by atoms with Gasteiger partial charge in [-0.05, 0) is 193 Å². The zero-order chi connectivity index (χ0) is 68.6. The Kier molecular flexibility index (Phi) is 17.0. The first kappa shape index (κ1) is 64.2. The van der Waals surface area contributed by atoms with Crippen molar-refractivity contribution < 1.29 is 4.74 Å². The van der Waals surface area contributed by atoms with E-state index in [-0.39, 0.29) is 47.8 Å². The SMILES string of the molecule is C1=CCC(c2cccc(N(c3ccc(-c4ccccc4)cc3)C3CC4SC5C=C6C(=CC5B5c7ccccc7N(c7ccccc7)C(C3)C54)B3c4ccccc4OC4CC(N(C5CC=C(c7ccccc7)CC5)C5CCCC(c7ccccc7)C5)CC(C34)N6c3ccccc3-c3ccccc3)c2)C=C1. The summed E-state index contributed by atoms with van der Waals surface area (Å²) in [7, 11) is 0. The van der Waals surface area contributed by atoms with Gasteiger partial charge in [0.2, 0.25) is 6.71 Å². The van der Waals surface area contributed by atoms with Gasteiger partial charge in [0.05, 0.1) is 6.10 Å². The lowest BCUT2D eigenvalue weighted by Crippen LogP contribution is -2.68.